The predicted molar refractivity (Wildman–Crippen MR) is 67.3 cm³/mol. The van der Waals surface area contributed by atoms with Gasteiger partial charge in [0.2, 0.25) is 0 Å². The van der Waals surface area contributed by atoms with E-state index in [2.05, 4.69) is 6.92 Å². The van der Waals surface area contributed by atoms with E-state index in [4.69, 9.17) is 14.2 Å². The number of carbonyl (C=O) groups excluding carboxylic acids is 1. The quantitative estimate of drug-likeness (QED) is 0.684. The van der Waals surface area contributed by atoms with Crippen LogP contribution in [0.1, 0.15) is 46.0 Å². The maximum atomic E-state index is 10.6. The Labute approximate surface area is 109 Å². The maximum Gasteiger partial charge on any atom is 0.192 e. The van der Waals surface area contributed by atoms with Crippen LogP contribution in [-0.4, -0.2) is 37.5 Å². The summed E-state index contributed by atoms with van der Waals surface area (Å²) in [7, 11) is 1.68. The molecule has 0 aromatic carbocycles. The first-order valence-electron chi connectivity index (χ1n) is 6.86. The maximum absolute atomic E-state index is 10.6. The fourth-order valence-corrected chi connectivity index (χ4v) is 2.92. The normalized spacial score (nSPS) is 40.7. The van der Waals surface area contributed by atoms with Crippen molar-refractivity contribution in [1.29, 1.82) is 0 Å². The lowest BCUT2D eigenvalue weighted by atomic mass is 9.89. The van der Waals surface area contributed by atoms with Crippen LogP contribution in [0.2, 0.25) is 0 Å². The summed E-state index contributed by atoms with van der Waals surface area (Å²) >= 11 is 0. The Hall–Kier alpha value is -0.450. The van der Waals surface area contributed by atoms with E-state index in [0.29, 0.717) is 6.61 Å². The molecule has 0 saturated carbocycles. The molecule has 0 aromatic heterocycles. The van der Waals surface area contributed by atoms with E-state index < -0.39 is 5.79 Å². The fourth-order valence-electron chi connectivity index (χ4n) is 2.92. The highest BCUT2D eigenvalue weighted by molar-refractivity contribution is 5.52. The SMILES string of the molecule is COC12CCC(O1)C(C)(CCCC(C)C=O)OC2. The second kappa shape index (κ2) is 5.27. The number of hydrogen-bond acceptors (Lipinski definition) is 4. The summed E-state index contributed by atoms with van der Waals surface area (Å²) in [6, 6.07) is 0. The summed E-state index contributed by atoms with van der Waals surface area (Å²) in [6.45, 7) is 4.59. The molecule has 0 aliphatic carbocycles. The highest BCUT2D eigenvalue weighted by atomic mass is 16.7. The van der Waals surface area contributed by atoms with Gasteiger partial charge in [-0.2, -0.15) is 0 Å². The minimum Gasteiger partial charge on any atom is -0.367 e. The summed E-state index contributed by atoms with van der Waals surface area (Å²) in [5, 5.41) is 0. The van der Waals surface area contributed by atoms with E-state index in [9.17, 15) is 4.79 Å². The molecule has 2 heterocycles. The molecule has 0 amide bonds. The first-order valence-corrected chi connectivity index (χ1v) is 6.86. The molecular formula is C14H24O4. The molecule has 4 nitrogen and oxygen atoms in total. The first-order chi connectivity index (χ1) is 8.53. The van der Waals surface area contributed by atoms with Crippen molar-refractivity contribution in [2.75, 3.05) is 13.7 Å². The molecule has 0 N–H and O–H groups in total. The summed E-state index contributed by atoms with van der Waals surface area (Å²) in [6.07, 6.45) is 5.91. The number of carbonyl (C=O) groups is 1. The van der Waals surface area contributed by atoms with Crippen LogP contribution >= 0.6 is 0 Å². The average molecular weight is 256 g/mol. The Balaban J connectivity index is 1.87. The van der Waals surface area contributed by atoms with E-state index in [1.165, 1.54) is 0 Å². The second-order valence-electron chi connectivity index (χ2n) is 5.87. The van der Waals surface area contributed by atoms with E-state index in [-0.39, 0.29) is 17.6 Å². The third-order valence-corrected chi connectivity index (χ3v) is 4.38. The van der Waals surface area contributed by atoms with Gasteiger partial charge in [0.1, 0.15) is 12.9 Å². The molecule has 18 heavy (non-hydrogen) atoms. The van der Waals surface area contributed by atoms with Gasteiger partial charge in [0.25, 0.3) is 0 Å². The molecule has 0 radical (unpaired) electrons. The van der Waals surface area contributed by atoms with E-state index in [1.54, 1.807) is 7.11 Å². The van der Waals surface area contributed by atoms with Crippen LogP contribution in [0.4, 0.5) is 0 Å². The average Bonchev–Trinajstić information content (AvgIpc) is 2.77. The zero-order chi connectivity index (χ0) is 13.2. The number of methoxy groups -OCH3 is 1. The lowest BCUT2D eigenvalue weighted by Crippen LogP contribution is -2.53. The third kappa shape index (κ3) is 2.60. The van der Waals surface area contributed by atoms with Crippen LogP contribution in [0.25, 0.3) is 0 Å². The summed E-state index contributed by atoms with van der Waals surface area (Å²) in [4.78, 5) is 10.6. The van der Waals surface area contributed by atoms with Crippen LogP contribution in [0.15, 0.2) is 0 Å². The number of hydrogen-bond donors (Lipinski definition) is 0. The first kappa shape index (κ1) is 14.0. The molecule has 2 aliphatic heterocycles. The van der Waals surface area contributed by atoms with Crippen LogP contribution in [-0.2, 0) is 19.0 Å². The van der Waals surface area contributed by atoms with Crippen molar-refractivity contribution in [3.8, 4) is 0 Å². The molecule has 2 fully saturated rings. The summed E-state index contributed by atoms with van der Waals surface area (Å²) in [5.74, 6) is -0.361. The van der Waals surface area contributed by atoms with Gasteiger partial charge in [0.05, 0.1) is 11.7 Å². The van der Waals surface area contributed by atoms with Gasteiger partial charge in [-0.1, -0.05) is 6.92 Å². The van der Waals surface area contributed by atoms with Crippen molar-refractivity contribution in [2.24, 2.45) is 5.92 Å². The van der Waals surface area contributed by atoms with Crippen LogP contribution < -0.4 is 0 Å². The van der Waals surface area contributed by atoms with Gasteiger partial charge >= 0.3 is 0 Å². The molecule has 104 valence electrons. The standard InChI is InChI=1S/C14H24O4/c1-11(9-15)5-4-7-13(2)12-6-8-14(16-3,18-12)10-17-13/h9,11-12H,4-8,10H2,1-3H3. The highest BCUT2D eigenvalue weighted by Crippen LogP contribution is 2.44. The highest BCUT2D eigenvalue weighted by Gasteiger charge is 2.53. The monoisotopic (exact) mass is 256 g/mol. The molecule has 2 aliphatic rings. The minimum atomic E-state index is -0.500. The van der Waals surface area contributed by atoms with Crippen molar-refractivity contribution in [1.82, 2.24) is 0 Å². The van der Waals surface area contributed by atoms with Gasteiger partial charge in [-0.3, -0.25) is 0 Å². The smallest absolute Gasteiger partial charge is 0.192 e. The Morgan fingerprint density at radius 3 is 3.00 bits per heavy atom. The van der Waals surface area contributed by atoms with Gasteiger partial charge in [-0.25, -0.2) is 0 Å². The van der Waals surface area contributed by atoms with Crippen LogP contribution in [0.3, 0.4) is 0 Å². The molecule has 2 rings (SSSR count). The molecule has 0 aromatic rings. The lowest BCUT2D eigenvalue weighted by molar-refractivity contribution is -0.320. The number of ether oxygens (including phenoxy) is 3. The van der Waals surface area contributed by atoms with Gasteiger partial charge in [-0.05, 0) is 32.6 Å². The Bertz CT molecular complexity index is 306. The van der Waals surface area contributed by atoms with Crippen molar-refractivity contribution >= 4 is 6.29 Å². The molecular weight excluding hydrogens is 232 g/mol. The number of rotatable bonds is 6. The van der Waals surface area contributed by atoms with Crippen molar-refractivity contribution < 1.29 is 19.0 Å². The lowest BCUT2D eigenvalue weighted by Gasteiger charge is -2.43. The molecule has 4 heteroatoms. The predicted octanol–water partition coefficient (Wildman–Crippen LogP) is 2.30. The minimum absolute atomic E-state index is 0.123. The number of aldehydes is 1. The van der Waals surface area contributed by atoms with Crippen molar-refractivity contribution in [3.63, 3.8) is 0 Å². The van der Waals surface area contributed by atoms with Crippen molar-refractivity contribution in [3.05, 3.63) is 0 Å². The van der Waals surface area contributed by atoms with Crippen LogP contribution in [0.5, 0.6) is 0 Å². The Morgan fingerprint density at radius 2 is 2.33 bits per heavy atom. The molecule has 2 bridgehead atoms. The zero-order valence-electron chi connectivity index (χ0n) is 11.6. The third-order valence-electron chi connectivity index (χ3n) is 4.38. The number of fused-ring (bicyclic) bond motifs is 2. The summed E-state index contributed by atoms with van der Waals surface area (Å²) < 4.78 is 17.5. The molecule has 0 spiro atoms. The Morgan fingerprint density at radius 1 is 1.56 bits per heavy atom. The van der Waals surface area contributed by atoms with Crippen LogP contribution in [0, 0.1) is 5.92 Å². The van der Waals surface area contributed by atoms with Gasteiger partial charge in [0.15, 0.2) is 5.79 Å². The fraction of sp³-hybridized carbons (Fsp3) is 0.929. The van der Waals surface area contributed by atoms with E-state index >= 15 is 0 Å². The Kier molecular flexibility index (Phi) is 4.09. The van der Waals surface area contributed by atoms with Gasteiger partial charge < -0.3 is 19.0 Å². The topological polar surface area (TPSA) is 44.8 Å². The van der Waals surface area contributed by atoms with E-state index in [1.807, 2.05) is 6.92 Å². The zero-order valence-corrected chi connectivity index (χ0v) is 11.6. The molecule has 2 saturated heterocycles. The van der Waals surface area contributed by atoms with Gasteiger partial charge in [0, 0.05) is 19.4 Å². The van der Waals surface area contributed by atoms with E-state index in [0.717, 1.165) is 38.4 Å². The molecule has 4 atom stereocenters. The largest absolute Gasteiger partial charge is 0.367 e. The summed E-state index contributed by atoms with van der Waals surface area (Å²) in [5.41, 5.74) is -0.221. The van der Waals surface area contributed by atoms with Gasteiger partial charge in [-0.15, -0.1) is 0 Å². The second-order valence-corrected chi connectivity index (χ2v) is 5.87. The molecule has 4 unspecified atom stereocenters. The van der Waals surface area contributed by atoms with Crippen molar-refractivity contribution in [2.45, 2.75) is 63.4 Å².